The molecule has 0 aromatic carbocycles. The largest absolute Gasteiger partial charge is 0.475 e. The molecule has 0 spiro atoms. The van der Waals surface area contributed by atoms with Crippen molar-refractivity contribution < 1.29 is 9.47 Å². The van der Waals surface area contributed by atoms with Crippen LogP contribution in [-0.4, -0.2) is 30.1 Å². The first-order chi connectivity index (χ1) is 9.08. The Morgan fingerprint density at radius 2 is 2.21 bits per heavy atom. The van der Waals surface area contributed by atoms with Crippen LogP contribution in [0.2, 0.25) is 0 Å². The van der Waals surface area contributed by atoms with Gasteiger partial charge in [-0.25, -0.2) is 4.98 Å². The number of hydrogen-bond acceptors (Lipinski definition) is 4. The molecular formula is C14H21N3O2. The Hall–Kier alpha value is -1.62. The molecule has 2 rings (SSSR count). The Bertz CT molecular complexity index is 472. The van der Waals surface area contributed by atoms with Crippen molar-refractivity contribution in [1.82, 2.24) is 4.98 Å². The summed E-state index contributed by atoms with van der Waals surface area (Å²) >= 11 is 0. The van der Waals surface area contributed by atoms with E-state index in [-0.39, 0.29) is 11.9 Å². The fourth-order valence-electron chi connectivity index (χ4n) is 2.18. The zero-order chi connectivity index (χ0) is 13.8. The number of aromatic nitrogens is 1. The van der Waals surface area contributed by atoms with Crippen molar-refractivity contribution in [2.45, 2.75) is 39.2 Å². The second kappa shape index (κ2) is 6.02. The highest BCUT2D eigenvalue weighted by Gasteiger charge is 2.18. The van der Waals surface area contributed by atoms with E-state index in [4.69, 9.17) is 20.6 Å². The third kappa shape index (κ3) is 3.44. The minimum Gasteiger partial charge on any atom is -0.475 e. The van der Waals surface area contributed by atoms with E-state index < -0.39 is 0 Å². The summed E-state index contributed by atoms with van der Waals surface area (Å²) in [5, 5.41) is 7.61. The first-order valence-corrected chi connectivity index (χ1v) is 6.69. The predicted octanol–water partition coefficient (Wildman–Crippen LogP) is 1.66. The number of nitrogens with one attached hydrogen (secondary N) is 1. The van der Waals surface area contributed by atoms with Crippen LogP contribution in [0.5, 0.6) is 5.88 Å². The van der Waals surface area contributed by atoms with Crippen LogP contribution in [-0.2, 0) is 17.6 Å². The molecule has 1 aliphatic rings. The van der Waals surface area contributed by atoms with Crippen molar-refractivity contribution in [3.05, 3.63) is 22.9 Å². The van der Waals surface area contributed by atoms with Gasteiger partial charge in [-0.1, -0.05) is 0 Å². The third-order valence-electron chi connectivity index (χ3n) is 3.08. The van der Waals surface area contributed by atoms with E-state index >= 15 is 0 Å². The maximum absolute atomic E-state index is 7.61. The van der Waals surface area contributed by atoms with Gasteiger partial charge in [-0.15, -0.1) is 0 Å². The molecule has 0 fully saturated rings. The highest BCUT2D eigenvalue weighted by Crippen LogP contribution is 2.26. The molecule has 0 unspecified atom stereocenters. The molecule has 3 N–H and O–H groups in total. The number of nitrogens with zero attached hydrogens (tertiary/aromatic N) is 1. The minimum absolute atomic E-state index is 0.00183. The van der Waals surface area contributed by atoms with Gasteiger partial charge in [0, 0.05) is 5.69 Å². The molecule has 0 amide bonds. The van der Waals surface area contributed by atoms with Crippen LogP contribution in [0.3, 0.4) is 0 Å². The van der Waals surface area contributed by atoms with Gasteiger partial charge in [-0.2, -0.15) is 0 Å². The van der Waals surface area contributed by atoms with Crippen LogP contribution in [0.15, 0.2) is 6.07 Å². The van der Waals surface area contributed by atoms with Gasteiger partial charge in [0.05, 0.1) is 18.3 Å². The maximum Gasteiger partial charge on any atom is 0.224 e. The molecule has 1 aliphatic carbocycles. The number of aryl methyl sites for hydroxylation is 2. The van der Waals surface area contributed by atoms with E-state index in [0.29, 0.717) is 24.7 Å². The molecule has 19 heavy (non-hydrogen) atoms. The number of amidine groups is 1. The lowest BCUT2D eigenvalue weighted by atomic mass is 10.1. The van der Waals surface area contributed by atoms with Crippen molar-refractivity contribution in [3.8, 4) is 5.88 Å². The van der Waals surface area contributed by atoms with E-state index in [1.807, 2.05) is 19.9 Å². The zero-order valence-electron chi connectivity index (χ0n) is 11.5. The average Bonchev–Trinajstić information content (AvgIpc) is 2.80. The van der Waals surface area contributed by atoms with E-state index in [2.05, 4.69) is 4.98 Å². The summed E-state index contributed by atoms with van der Waals surface area (Å²) in [4.78, 5) is 4.49. The number of nitrogen functional groups attached to an aromatic ring is 1. The van der Waals surface area contributed by atoms with E-state index in [0.717, 1.165) is 25.0 Å². The van der Waals surface area contributed by atoms with Crippen LogP contribution in [0.25, 0.3) is 0 Å². The van der Waals surface area contributed by atoms with Gasteiger partial charge in [0.25, 0.3) is 0 Å². The highest BCUT2D eigenvalue weighted by molar-refractivity contribution is 5.97. The molecule has 0 saturated heterocycles. The summed E-state index contributed by atoms with van der Waals surface area (Å²) < 4.78 is 11.0. The molecule has 0 atom stereocenters. The molecule has 0 saturated carbocycles. The number of nitrogens with two attached hydrogens (primary N) is 1. The number of fused-ring (bicyclic) bond motifs is 1. The van der Waals surface area contributed by atoms with Crippen molar-refractivity contribution in [3.63, 3.8) is 0 Å². The van der Waals surface area contributed by atoms with Crippen LogP contribution >= 0.6 is 0 Å². The van der Waals surface area contributed by atoms with Crippen LogP contribution in [0.4, 0.5) is 0 Å². The van der Waals surface area contributed by atoms with Crippen molar-refractivity contribution in [2.75, 3.05) is 13.2 Å². The quantitative estimate of drug-likeness (QED) is 0.464. The van der Waals surface area contributed by atoms with E-state index in [9.17, 15) is 0 Å². The van der Waals surface area contributed by atoms with Gasteiger partial charge in [0.2, 0.25) is 5.88 Å². The Morgan fingerprint density at radius 1 is 1.42 bits per heavy atom. The van der Waals surface area contributed by atoms with Crippen LogP contribution in [0, 0.1) is 5.41 Å². The van der Waals surface area contributed by atoms with Crippen molar-refractivity contribution >= 4 is 5.84 Å². The second-order valence-corrected chi connectivity index (χ2v) is 4.98. The monoisotopic (exact) mass is 263 g/mol. The molecule has 104 valence electrons. The summed E-state index contributed by atoms with van der Waals surface area (Å²) in [5.41, 5.74) is 8.45. The average molecular weight is 263 g/mol. The normalized spacial score (nSPS) is 13.6. The van der Waals surface area contributed by atoms with Gasteiger partial charge >= 0.3 is 0 Å². The lowest BCUT2D eigenvalue weighted by Crippen LogP contribution is -2.17. The van der Waals surface area contributed by atoms with Gasteiger partial charge in [0.1, 0.15) is 12.4 Å². The summed E-state index contributed by atoms with van der Waals surface area (Å²) in [7, 11) is 0. The molecular weight excluding hydrogens is 242 g/mol. The number of rotatable bonds is 6. The lowest BCUT2D eigenvalue weighted by Gasteiger charge is -2.13. The van der Waals surface area contributed by atoms with E-state index in [1.54, 1.807) is 0 Å². The summed E-state index contributed by atoms with van der Waals surface area (Å²) in [6.45, 7) is 4.89. The SMILES string of the molecule is CC(C)OCCOc1nc2c(cc1C(=N)N)CCC2. The maximum atomic E-state index is 7.61. The molecule has 0 aliphatic heterocycles. The first kappa shape index (κ1) is 13.8. The van der Waals surface area contributed by atoms with Gasteiger partial charge in [-0.05, 0) is 44.7 Å². The molecule has 1 aromatic heterocycles. The number of pyridine rings is 1. The summed E-state index contributed by atoms with van der Waals surface area (Å²) in [5.74, 6) is 0.461. The fraction of sp³-hybridized carbons (Fsp3) is 0.571. The second-order valence-electron chi connectivity index (χ2n) is 4.98. The number of hydrogen-bond donors (Lipinski definition) is 2. The van der Waals surface area contributed by atoms with Gasteiger partial charge < -0.3 is 15.2 Å². The standard InChI is InChI=1S/C14H21N3O2/c1-9(2)18-6-7-19-14-11(13(15)16)8-10-4-3-5-12(10)17-14/h8-9H,3-7H2,1-2H3,(H3,15,16). The molecule has 0 radical (unpaired) electrons. The van der Waals surface area contributed by atoms with Crippen LogP contribution < -0.4 is 10.5 Å². The molecule has 1 aromatic rings. The Labute approximate surface area is 113 Å². The smallest absolute Gasteiger partial charge is 0.224 e. The molecule has 0 bridgehead atoms. The first-order valence-electron chi connectivity index (χ1n) is 6.69. The molecule has 5 nitrogen and oxygen atoms in total. The predicted molar refractivity (Wildman–Crippen MR) is 73.9 cm³/mol. The Balaban J connectivity index is 2.08. The van der Waals surface area contributed by atoms with E-state index in [1.165, 1.54) is 5.56 Å². The highest BCUT2D eigenvalue weighted by atomic mass is 16.5. The number of ether oxygens (including phenoxy) is 2. The van der Waals surface area contributed by atoms with Crippen molar-refractivity contribution in [2.24, 2.45) is 5.73 Å². The van der Waals surface area contributed by atoms with Gasteiger partial charge in [0.15, 0.2) is 0 Å². The van der Waals surface area contributed by atoms with Crippen LogP contribution in [0.1, 0.15) is 37.1 Å². The third-order valence-corrected chi connectivity index (χ3v) is 3.08. The zero-order valence-corrected chi connectivity index (χ0v) is 11.5. The minimum atomic E-state index is 0.00183. The lowest BCUT2D eigenvalue weighted by molar-refractivity contribution is 0.0541. The summed E-state index contributed by atoms with van der Waals surface area (Å²) in [6.07, 6.45) is 3.29. The summed E-state index contributed by atoms with van der Waals surface area (Å²) in [6, 6.07) is 1.94. The van der Waals surface area contributed by atoms with Gasteiger partial charge in [-0.3, -0.25) is 5.41 Å². The van der Waals surface area contributed by atoms with Crippen molar-refractivity contribution in [1.29, 1.82) is 5.41 Å². The molecule has 5 heteroatoms. The molecule has 1 heterocycles. The topological polar surface area (TPSA) is 81.2 Å². The Kier molecular flexibility index (Phi) is 4.37. The fourth-order valence-corrected chi connectivity index (χ4v) is 2.18. The Morgan fingerprint density at radius 3 is 2.89 bits per heavy atom.